The Labute approximate surface area is 199 Å². The summed E-state index contributed by atoms with van der Waals surface area (Å²) in [4.78, 5) is 23.1. The molecule has 1 aliphatic carbocycles. The van der Waals surface area contributed by atoms with E-state index in [0.29, 0.717) is 11.5 Å². The standard InChI is InChI=1S/C25H33N7O2/c1-15-6-5-9-25(3)12-18(16(2)30-23-21-22(27-13-26-21)28-14-29-23)31-20(19(15)25)24(33)32(4)17-7-10-34-11-8-17/h5-6,12-14,16-17,24,33H,7-11H2,1-4H3,(H2,26,27,28,29,30)/t16-,24?,25?/m0/s1. The number of aliphatic hydroxyl groups excluding tert-OH is 1. The van der Waals surface area contributed by atoms with Crippen molar-refractivity contribution in [3.63, 3.8) is 0 Å². The van der Waals surface area contributed by atoms with Crippen molar-refractivity contribution in [3.05, 3.63) is 47.7 Å². The van der Waals surface area contributed by atoms with E-state index in [-0.39, 0.29) is 17.5 Å². The number of aliphatic imine (C=N–C) groups is 1. The van der Waals surface area contributed by atoms with Crippen LogP contribution in [0.5, 0.6) is 0 Å². The van der Waals surface area contributed by atoms with Crippen LogP contribution in [0.15, 0.2) is 52.7 Å². The highest BCUT2D eigenvalue weighted by atomic mass is 16.5. The van der Waals surface area contributed by atoms with Crippen molar-refractivity contribution in [1.29, 1.82) is 0 Å². The van der Waals surface area contributed by atoms with Crippen LogP contribution in [0.3, 0.4) is 0 Å². The number of aromatic nitrogens is 4. The minimum absolute atomic E-state index is 0.137. The van der Waals surface area contributed by atoms with E-state index in [1.165, 1.54) is 6.33 Å². The van der Waals surface area contributed by atoms with E-state index < -0.39 is 6.23 Å². The van der Waals surface area contributed by atoms with Gasteiger partial charge in [0.25, 0.3) is 0 Å². The second kappa shape index (κ2) is 9.05. The molecule has 1 saturated heterocycles. The lowest BCUT2D eigenvalue weighted by Gasteiger charge is -2.42. The number of anilines is 1. The average molecular weight is 464 g/mol. The van der Waals surface area contributed by atoms with Gasteiger partial charge in [-0.25, -0.2) is 15.0 Å². The van der Waals surface area contributed by atoms with Gasteiger partial charge in [-0.15, -0.1) is 0 Å². The zero-order chi connectivity index (χ0) is 23.9. The fourth-order valence-electron chi connectivity index (χ4n) is 5.34. The number of rotatable bonds is 6. The summed E-state index contributed by atoms with van der Waals surface area (Å²) in [6.45, 7) is 7.86. The molecule has 0 bridgehead atoms. The maximum Gasteiger partial charge on any atom is 0.182 e. The Morgan fingerprint density at radius 1 is 1.26 bits per heavy atom. The summed E-state index contributed by atoms with van der Waals surface area (Å²) in [5.41, 5.74) is 5.03. The minimum Gasteiger partial charge on any atom is -0.381 e. The first-order valence-corrected chi connectivity index (χ1v) is 12.0. The molecule has 4 heterocycles. The molecular formula is C25H33N7O2. The van der Waals surface area contributed by atoms with Gasteiger partial charge in [0.05, 0.1) is 23.8 Å². The van der Waals surface area contributed by atoms with Crippen molar-refractivity contribution >= 4 is 22.7 Å². The van der Waals surface area contributed by atoms with Crippen LogP contribution in [0.2, 0.25) is 0 Å². The molecule has 3 aliphatic rings. The van der Waals surface area contributed by atoms with Crippen LogP contribution in [0.4, 0.5) is 5.82 Å². The molecule has 180 valence electrons. The van der Waals surface area contributed by atoms with Crippen molar-refractivity contribution in [2.45, 2.75) is 58.3 Å². The molecule has 0 radical (unpaired) electrons. The van der Waals surface area contributed by atoms with Crippen LogP contribution in [-0.4, -0.2) is 74.2 Å². The number of fused-ring (bicyclic) bond motifs is 2. The SMILES string of the molecule is CC1=C2C(C(O)N(C)C3CCOCC3)=NC([C@H](C)Nc3ncnc4nc[nH]c34)=CC2(C)CC=C1. The molecular weight excluding hydrogens is 430 g/mol. The van der Waals surface area contributed by atoms with Crippen molar-refractivity contribution in [3.8, 4) is 0 Å². The Morgan fingerprint density at radius 3 is 2.85 bits per heavy atom. The Balaban J connectivity index is 1.49. The Hall–Kier alpha value is -2.88. The lowest BCUT2D eigenvalue weighted by molar-refractivity contribution is -0.0110. The Kier molecular flexibility index (Phi) is 6.09. The number of H-pyrrole nitrogens is 1. The fraction of sp³-hybridized carbons (Fsp3) is 0.520. The Morgan fingerprint density at radius 2 is 2.06 bits per heavy atom. The molecule has 2 aromatic heterocycles. The topological polar surface area (TPSA) is 112 Å². The van der Waals surface area contributed by atoms with Gasteiger partial charge < -0.3 is 20.1 Å². The van der Waals surface area contributed by atoms with Crippen molar-refractivity contribution in [1.82, 2.24) is 24.8 Å². The van der Waals surface area contributed by atoms with E-state index in [0.717, 1.165) is 60.5 Å². The highest BCUT2D eigenvalue weighted by molar-refractivity contribution is 6.07. The van der Waals surface area contributed by atoms with Gasteiger partial charge in [-0.1, -0.05) is 25.2 Å². The molecule has 1 fully saturated rings. The third kappa shape index (κ3) is 4.08. The second-order valence-corrected chi connectivity index (χ2v) is 9.72. The molecule has 9 nitrogen and oxygen atoms in total. The fourth-order valence-corrected chi connectivity index (χ4v) is 5.34. The number of hydrogen-bond donors (Lipinski definition) is 3. The number of hydrogen-bond acceptors (Lipinski definition) is 8. The number of nitrogens with one attached hydrogen (secondary N) is 2. The van der Waals surface area contributed by atoms with Crippen LogP contribution in [0, 0.1) is 5.41 Å². The molecule has 34 heavy (non-hydrogen) atoms. The van der Waals surface area contributed by atoms with Gasteiger partial charge in [0.2, 0.25) is 0 Å². The normalized spacial score (nSPS) is 25.2. The van der Waals surface area contributed by atoms with E-state index >= 15 is 0 Å². The molecule has 3 N–H and O–H groups in total. The molecule has 2 aromatic rings. The van der Waals surface area contributed by atoms with Gasteiger partial charge in [0, 0.05) is 24.7 Å². The van der Waals surface area contributed by atoms with E-state index in [2.05, 4.69) is 69.2 Å². The number of allylic oxidation sites excluding steroid dienone is 4. The highest BCUT2D eigenvalue weighted by Gasteiger charge is 2.41. The van der Waals surface area contributed by atoms with Crippen LogP contribution < -0.4 is 5.32 Å². The average Bonchev–Trinajstić information content (AvgIpc) is 3.32. The van der Waals surface area contributed by atoms with Crippen molar-refractivity contribution in [2.75, 3.05) is 25.6 Å². The van der Waals surface area contributed by atoms with Crippen molar-refractivity contribution < 1.29 is 9.84 Å². The van der Waals surface area contributed by atoms with Gasteiger partial charge >= 0.3 is 0 Å². The summed E-state index contributed by atoms with van der Waals surface area (Å²) < 4.78 is 5.53. The van der Waals surface area contributed by atoms with Crippen LogP contribution in [0.25, 0.3) is 11.2 Å². The van der Waals surface area contributed by atoms with Crippen molar-refractivity contribution in [2.24, 2.45) is 10.4 Å². The molecule has 3 atom stereocenters. The number of ether oxygens (including phenoxy) is 1. The van der Waals surface area contributed by atoms with Crippen LogP contribution >= 0.6 is 0 Å². The molecule has 0 amide bonds. The predicted molar refractivity (Wildman–Crippen MR) is 132 cm³/mol. The van der Waals surface area contributed by atoms with Gasteiger partial charge in [0.15, 0.2) is 17.7 Å². The minimum atomic E-state index is -0.798. The first-order valence-electron chi connectivity index (χ1n) is 12.0. The zero-order valence-electron chi connectivity index (χ0n) is 20.2. The summed E-state index contributed by atoms with van der Waals surface area (Å²) in [5, 5.41) is 15.1. The smallest absolute Gasteiger partial charge is 0.182 e. The molecule has 5 rings (SSSR count). The summed E-state index contributed by atoms with van der Waals surface area (Å²) in [5.74, 6) is 0.679. The maximum atomic E-state index is 11.6. The number of aromatic amines is 1. The van der Waals surface area contributed by atoms with Gasteiger partial charge in [0.1, 0.15) is 11.8 Å². The molecule has 0 saturated carbocycles. The largest absolute Gasteiger partial charge is 0.381 e. The van der Waals surface area contributed by atoms with E-state index in [4.69, 9.17) is 9.73 Å². The van der Waals surface area contributed by atoms with Crippen LogP contribution in [-0.2, 0) is 4.74 Å². The third-order valence-corrected chi connectivity index (χ3v) is 7.26. The number of nitrogens with zero attached hydrogens (tertiary/aromatic N) is 5. The summed E-state index contributed by atoms with van der Waals surface area (Å²) >= 11 is 0. The molecule has 2 unspecified atom stereocenters. The number of imidazole rings is 1. The van der Waals surface area contributed by atoms with Crippen LogP contribution in [0.1, 0.15) is 40.0 Å². The van der Waals surface area contributed by atoms with E-state index in [1.807, 2.05) is 7.05 Å². The molecule has 2 aliphatic heterocycles. The first kappa shape index (κ1) is 22.9. The van der Waals surface area contributed by atoms with Gasteiger partial charge in [-0.2, -0.15) is 0 Å². The molecule has 9 heteroatoms. The Bertz CT molecular complexity index is 1190. The third-order valence-electron chi connectivity index (χ3n) is 7.26. The first-order chi connectivity index (χ1) is 16.4. The van der Waals surface area contributed by atoms with Gasteiger partial charge in [-0.05, 0) is 51.3 Å². The van der Waals surface area contributed by atoms with E-state index in [1.54, 1.807) is 6.33 Å². The summed E-state index contributed by atoms with van der Waals surface area (Å²) in [6.07, 6.45) is 11.6. The lowest BCUT2D eigenvalue weighted by atomic mass is 9.69. The molecule has 0 spiro atoms. The lowest BCUT2D eigenvalue weighted by Crippen LogP contribution is -2.49. The van der Waals surface area contributed by atoms with E-state index in [9.17, 15) is 5.11 Å². The second-order valence-electron chi connectivity index (χ2n) is 9.72. The number of aliphatic hydroxyl groups is 1. The zero-order valence-corrected chi connectivity index (χ0v) is 20.2. The predicted octanol–water partition coefficient (Wildman–Crippen LogP) is 3.20. The quantitative estimate of drug-likeness (QED) is 0.564. The monoisotopic (exact) mass is 463 g/mol. The van der Waals surface area contributed by atoms with Gasteiger partial charge in [-0.3, -0.25) is 9.89 Å². The summed E-state index contributed by atoms with van der Waals surface area (Å²) in [6, 6.07) is 0.124. The summed E-state index contributed by atoms with van der Waals surface area (Å²) in [7, 11) is 1.99. The maximum absolute atomic E-state index is 11.6. The molecule has 0 aromatic carbocycles. The highest BCUT2D eigenvalue weighted by Crippen LogP contribution is 2.44.